The van der Waals surface area contributed by atoms with Crippen LogP contribution in [0.5, 0.6) is 0 Å². The third-order valence-corrected chi connectivity index (χ3v) is 7.44. The van der Waals surface area contributed by atoms with Gasteiger partial charge in [-0.2, -0.15) is 4.31 Å². The maximum Gasteiger partial charge on any atom is 0.217 e. The predicted octanol–water partition coefficient (Wildman–Crippen LogP) is 1.38. The van der Waals surface area contributed by atoms with E-state index in [2.05, 4.69) is 4.98 Å². The number of pyridine rings is 1. The second kappa shape index (κ2) is 5.93. The van der Waals surface area contributed by atoms with Gasteiger partial charge in [0.1, 0.15) is 0 Å². The minimum atomic E-state index is -3.21. The van der Waals surface area contributed by atoms with Gasteiger partial charge >= 0.3 is 0 Å². The first kappa shape index (κ1) is 16.2. The zero-order valence-electron chi connectivity index (χ0n) is 13.5. The molecule has 1 aromatic rings. The lowest BCUT2D eigenvalue weighted by Crippen LogP contribution is -2.61. The smallest absolute Gasteiger partial charge is 0.217 e. The monoisotopic (exact) mass is 355 g/mol. The Kier molecular flexibility index (Phi) is 4.01. The molecule has 0 bridgehead atoms. The maximum absolute atomic E-state index is 14.1. The molecule has 3 fully saturated rings. The first-order chi connectivity index (χ1) is 11.5. The van der Waals surface area contributed by atoms with E-state index in [1.807, 2.05) is 4.90 Å². The molecular weight excluding hydrogens is 333 g/mol. The molecular formula is C16H22FN3O3S. The number of rotatable bonds is 3. The molecule has 0 N–H and O–H groups in total. The Bertz CT molecular complexity index is 721. The molecule has 24 heavy (non-hydrogen) atoms. The van der Waals surface area contributed by atoms with Gasteiger partial charge in [0.05, 0.1) is 17.5 Å². The quantitative estimate of drug-likeness (QED) is 0.820. The number of hydrogen-bond donors (Lipinski definition) is 0. The Morgan fingerprint density at radius 1 is 1.29 bits per heavy atom. The van der Waals surface area contributed by atoms with Crippen LogP contribution in [0.15, 0.2) is 18.3 Å². The number of nitrogens with zero attached hydrogens (tertiary/aromatic N) is 3. The van der Waals surface area contributed by atoms with Gasteiger partial charge in [0.25, 0.3) is 0 Å². The van der Waals surface area contributed by atoms with E-state index in [1.165, 1.54) is 6.07 Å². The van der Waals surface area contributed by atoms with Crippen molar-refractivity contribution in [3.8, 4) is 0 Å². The number of ether oxygens (including phenoxy) is 1. The fourth-order valence-corrected chi connectivity index (χ4v) is 5.64. The van der Waals surface area contributed by atoms with Crippen LogP contribution in [0, 0.1) is 5.82 Å². The molecule has 6 nitrogen and oxygen atoms in total. The normalized spacial score (nSPS) is 29.1. The first-order valence-electron chi connectivity index (χ1n) is 8.49. The number of sulfonamides is 1. The summed E-state index contributed by atoms with van der Waals surface area (Å²) in [7, 11) is -3.21. The third kappa shape index (κ3) is 2.91. The molecule has 1 unspecified atom stereocenters. The Morgan fingerprint density at radius 2 is 2.12 bits per heavy atom. The molecule has 2 aliphatic heterocycles. The number of halogens is 1. The van der Waals surface area contributed by atoms with E-state index in [0.717, 1.165) is 25.7 Å². The largest absolute Gasteiger partial charge is 0.370 e. The standard InChI is InChI=1S/C16H22FN3O3S/c17-14-3-1-7-18-15(14)19-8-2-6-16(11-19)12-20(9-10-23-16)24(21,22)13-4-5-13/h1,3,7,13H,2,4-6,8-12H2. The number of morpholine rings is 1. The molecule has 4 rings (SSSR count). The molecule has 0 amide bonds. The summed E-state index contributed by atoms with van der Waals surface area (Å²) in [6.07, 6.45) is 4.71. The highest BCUT2D eigenvalue weighted by Gasteiger charge is 2.47. The summed E-state index contributed by atoms with van der Waals surface area (Å²) in [5.41, 5.74) is -0.567. The van der Waals surface area contributed by atoms with Crippen LogP contribution in [-0.4, -0.2) is 61.3 Å². The number of hydrogen-bond acceptors (Lipinski definition) is 5. The molecule has 1 atom stereocenters. The van der Waals surface area contributed by atoms with E-state index in [9.17, 15) is 12.8 Å². The van der Waals surface area contributed by atoms with Gasteiger partial charge in [-0.15, -0.1) is 0 Å². The van der Waals surface area contributed by atoms with Crippen molar-refractivity contribution < 1.29 is 17.5 Å². The predicted molar refractivity (Wildman–Crippen MR) is 87.8 cm³/mol. The van der Waals surface area contributed by atoms with Crippen LogP contribution in [0.4, 0.5) is 10.2 Å². The molecule has 1 aliphatic carbocycles. The molecule has 0 radical (unpaired) electrons. The van der Waals surface area contributed by atoms with Crippen LogP contribution in [0.25, 0.3) is 0 Å². The lowest BCUT2D eigenvalue weighted by molar-refractivity contribution is -0.0951. The molecule has 132 valence electrons. The van der Waals surface area contributed by atoms with Gasteiger partial charge in [0.2, 0.25) is 10.0 Å². The van der Waals surface area contributed by atoms with E-state index < -0.39 is 15.6 Å². The first-order valence-corrected chi connectivity index (χ1v) is 9.99. The van der Waals surface area contributed by atoms with Crippen molar-refractivity contribution >= 4 is 15.8 Å². The highest BCUT2D eigenvalue weighted by Crippen LogP contribution is 2.36. The number of aromatic nitrogens is 1. The summed E-state index contributed by atoms with van der Waals surface area (Å²) >= 11 is 0. The molecule has 0 aromatic carbocycles. The van der Waals surface area contributed by atoms with Crippen molar-refractivity contribution in [2.24, 2.45) is 0 Å². The SMILES string of the molecule is O=S(=O)(C1CC1)N1CCOC2(CCCN(c3ncccc3F)C2)C1. The topological polar surface area (TPSA) is 62.7 Å². The Morgan fingerprint density at radius 3 is 2.88 bits per heavy atom. The average Bonchev–Trinajstić information content (AvgIpc) is 3.41. The van der Waals surface area contributed by atoms with Gasteiger partial charge in [-0.25, -0.2) is 17.8 Å². The van der Waals surface area contributed by atoms with E-state index in [4.69, 9.17) is 4.74 Å². The van der Waals surface area contributed by atoms with Crippen LogP contribution >= 0.6 is 0 Å². The number of piperidine rings is 1. The summed E-state index contributed by atoms with van der Waals surface area (Å²) in [5, 5.41) is -0.208. The van der Waals surface area contributed by atoms with Gasteiger partial charge in [-0.3, -0.25) is 0 Å². The summed E-state index contributed by atoms with van der Waals surface area (Å²) < 4.78 is 46.8. The summed E-state index contributed by atoms with van der Waals surface area (Å²) in [5.74, 6) is -0.0323. The molecule has 3 heterocycles. The molecule has 1 aromatic heterocycles. The van der Waals surface area contributed by atoms with Crippen molar-refractivity contribution in [1.82, 2.24) is 9.29 Å². The van der Waals surface area contributed by atoms with Crippen LogP contribution in [0.2, 0.25) is 0 Å². The minimum Gasteiger partial charge on any atom is -0.370 e. The summed E-state index contributed by atoms with van der Waals surface area (Å²) in [6, 6.07) is 2.97. The third-order valence-electron chi connectivity index (χ3n) is 5.10. The lowest BCUT2D eigenvalue weighted by atomic mass is 9.91. The Balaban J connectivity index is 1.55. The highest BCUT2D eigenvalue weighted by molar-refractivity contribution is 7.90. The minimum absolute atomic E-state index is 0.208. The van der Waals surface area contributed by atoms with Crippen LogP contribution in [0.1, 0.15) is 25.7 Å². The van der Waals surface area contributed by atoms with Crippen molar-refractivity contribution in [3.05, 3.63) is 24.1 Å². The van der Waals surface area contributed by atoms with Gasteiger partial charge < -0.3 is 9.64 Å². The van der Waals surface area contributed by atoms with E-state index in [-0.39, 0.29) is 11.1 Å². The molecule has 1 spiro atoms. The van der Waals surface area contributed by atoms with Gasteiger partial charge in [-0.1, -0.05) is 0 Å². The fourth-order valence-electron chi connectivity index (χ4n) is 3.74. The van der Waals surface area contributed by atoms with Crippen molar-refractivity contribution in [2.75, 3.05) is 37.7 Å². The Labute approximate surface area is 141 Å². The van der Waals surface area contributed by atoms with Crippen LogP contribution in [-0.2, 0) is 14.8 Å². The van der Waals surface area contributed by atoms with Gasteiger partial charge in [-0.05, 0) is 37.8 Å². The second-order valence-corrected chi connectivity index (χ2v) is 9.16. The number of anilines is 1. The van der Waals surface area contributed by atoms with Crippen molar-refractivity contribution in [3.63, 3.8) is 0 Å². The Hall–Kier alpha value is -1.25. The fraction of sp³-hybridized carbons (Fsp3) is 0.688. The van der Waals surface area contributed by atoms with E-state index in [1.54, 1.807) is 16.6 Å². The van der Waals surface area contributed by atoms with Crippen LogP contribution < -0.4 is 4.90 Å². The van der Waals surface area contributed by atoms with Crippen LogP contribution in [0.3, 0.4) is 0 Å². The lowest BCUT2D eigenvalue weighted by Gasteiger charge is -2.47. The van der Waals surface area contributed by atoms with Crippen molar-refractivity contribution in [1.29, 1.82) is 0 Å². The molecule has 3 aliphatic rings. The maximum atomic E-state index is 14.1. The van der Waals surface area contributed by atoms with Gasteiger partial charge in [0.15, 0.2) is 11.6 Å². The zero-order valence-corrected chi connectivity index (χ0v) is 14.3. The molecule has 8 heteroatoms. The zero-order chi connectivity index (χ0) is 16.8. The summed E-state index contributed by atoms with van der Waals surface area (Å²) in [4.78, 5) is 6.03. The van der Waals surface area contributed by atoms with Crippen molar-refractivity contribution in [2.45, 2.75) is 36.5 Å². The highest BCUT2D eigenvalue weighted by atomic mass is 32.2. The molecule has 2 saturated heterocycles. The second-order valence-electron chi connectivity index (χ2n) is 6.94. The average molecular weight is 355 g/mol. The van der Waals surface area contributed by atoms with E-state index in [0.29, 0.717) is 38.6 Å². The summed E-state index contributed by atoms with van der Waals surface area (Å²) in [6.45, 7) is 2.34. The van der Waals surface area contributed by atoms with Gasteiger partial charge in [0, 0.05) is 32.4 Å². The van der Waals surface area contributed by atoms with E-state index >= 15 is 0 Å². The molecule has 1 saturated carbocycles.